The van der Waals surface area contributed by atoms with E-state index in [4.69, 9.17) is 39.5 Å². The molecule has 0 heterocycles. The fraction of sp³-hybridized carbons (Fsp3) is 0.391. The summed E-state index contributed by atoms with van der Waals surface area (Å²) >= 11 is 22.0. The minimum Gasteiger partial charge on any atom is -0.483 e. The normalized spacial score (nSPS) is 11.9. The van der Waals surface area contributed by atoms with Crippen molar-refractivity contribution in [2.45, 2.75) is 39.8 Å². The van der Waals surface area contributed by atoms with Crippen molar-refractivity contribution in [3.05, 3.63) is 61.5 Å². The molecule has 0 fully saturated rings. The Balaban J connectivity index is 2.28. The number of carbonyl (C=O) groups is 2. The molecule has 0 aliphatic rings. The first-order chi connectivity index (χ1) is 15.1. The number of halogens is 4. The minimum absolute atomic E-state index is 0.0795. The van der Waals surface area contributed by atoms with E-state index in [1.54, 1.807) is 36.4 Å². The van der Waals surface area contributed by atoms with E-state index in [0.717, 1.165) is 0 Å². The lowest BCUT2D eigenvalue weighted by Crippen LogP contribution is -2.50. The zero-order valence-electron chi connectivity index (χ0n) is 18.1. The number of nitrogens with one attached hydrogen (secondary N) is 1. The van der Waals surface area contributed by atoms with Gasteiger partial charge in [0.05, 0.1) is 4.47 Å². The molecule has 5 nitrogen and oxygen atoms in total. The molecule has 0 aliphatic heterocycles. The third-order valence-electron chi connectivity index (χ3n) is 4.71. The van der Waals surface area contributed by atoms with Crippen LogP contribution in [0.1, 0.15) is 32.8 Å². The molecule has 9 heteroatoms. The zero-order valence-corrected chi connectivity index (χ0v) is 22.0. The van der Waals surface area contributed by atoms with Crippen molar-refractivity contribution in [3.63, 3.8) is 0 Å². The highest BCUT2D eigenvalue weighted by Crippen LogP contribution is 2.29. The molecule has 0 aliphatic carbocycles. The molecule has 0 aromatic heterocycles. The molecular weight excluding hydrogens is 539 g/mol. The summed E-state index contributed by atoms with van der Waals surface area (Å²) in [6, 6.07) is 9.44. The van der Waals surface area contributed by atoms with E-state index in [1.807, 2.05) is 20.8 Å². The Hall–Kier alpha value is -1.47. The molecular formula is C23H26BrCl3N2O3. The highest BCUT2D eigenvalue weighted by atomic mass is 79.9. The van der Waals surface area contributed by atoms with Gasteiger partial charge in [0.2, 0.25) is 5.91 Å². The van der Waals surface area contributed by atoms with Gasteiger partial charge in [0.25, 0.3) is 5.91 Å². The predicted molar refractivity (Wildman–Crippen MR) is 134 cm³/mol. The summed E-state index contributed by atoms with van der Waals surface area (Å²) in [5.41, 5.74) is 0.576. The van der Waals surface area contributed by atoms with Gasteiger partial charge in [-0.3, -0.25) is 9.59 Å². The van der Waals surface area contributed by atoms with Gasteiger partial charge in [-0.05, 0) is 58.6 Å². The number of nitrogens with zero attached hydrogens (tertiary/aromatic N) is 1. The minimum atomic E-state index is -0.703. The van der Waals surface area contributed by atoms with Gasteiger partial charge in [-0.25, -0.2) is 0 Å². The van der Waals surface area contributed by atoms with Crippen LogP contribution in [0, 0.1) is 5.92 Å². The summed E-state index contributed by atoms with van der Waals surface area (Å²) in [6.45, 7) is 6.19. The Labute approximate surface area is 212 Å². The van der Waals surface area contributed by atoms with Gasteiger partial charge >= 0.3 is 0 Å². The number of carbonyl (C=O) groups excluding carboxylic acids is 2. The average molecular weight is 565 g/mol. The van der Waals surface area contributed by atoms with E-state index in [1.165, 1.54) is 4.90 Å². The van der Waals surface area contributed by atoms with Crippen molar-refractivity contribution in [3.8, 4) is 5.75 Å². The molecule has 174 valence electrons. The Morgan fingerprint density at radius 2 is 1.78 bits per heavy atom. The van der Waals surface area contributed by atoms with Crippen molar-refractivity contribution < 1.29 is 14.3 Å². The standard InChI is InChI=1S/C23H26BrCl3N2O3/c1-4-20(23(31)28-11-14(2)3)29(12-16-18(26)6-5-7-19(16)27)22(30)13-32-21-9-8-15(25)10-17(21)24/h5-10,14,20H,4,11-13H2,1-3H3,(H,28,31)/t20-/m1/s1. The number of benzene rings is 2. The van der Waals surface area contributed by atoms with E-state index in [9.17, 15) is 9.59 Å². The molecule has 0 saturated heterocycles. The number of amides is 2. The molecule has 0 bridgehead atoms. The Morgan fingerprint density at radius 1 is 1.12 bits per heavy atom. The van der Waals surface area contributed by atoms with Crippen molar-refractivity contribution in [1.82, 2.24) is 10.2 Å². The van der Waals surface area contributed by atoms with Gasteiger partial charge in [0, 0.05) is 33.7 Å². The molecule has 0 radical (unpaired) electrons. The zero-order chi connectivity index (χ0) is 23.8. The van der Waals surface area contributed by atoms with Gasteiger partial charge < -0.3 is 15.0 Å². The highest BCUT2D eigenvalue weighted by molar-refractivity contribution is 9.10. The Morgan fingerprint density at radius 3 is 2.34 bits per heavy atom. The fourth-order valence-corrected chi connectivity index (χ4v) is 4.32. The monoisotopic (exact) mass is 562 g/mol. The van der Waals surface area contributed by atoms with Crippen LogP contribution in [0.4, 0.5) is 0 Å². The molecule has 1 atom stereocenters. The van der Waals surface area contributed by atoms with Crippen LogP contribution in [0.3, 0.4) is 0 Å². The quantitative estimate of drug-likeness (QED) is 0.365. The van der Waals surface area contributed by atoms with E-state index in [2.05, 4.69) is 21.2 Å². The molecule has 2 rings (SSSR count). The first-order valence-electron chi connectivity index (χ1n) is 10.2. The fourth-order valence-electron chi connectivity index (χ4n) is 3.01. The SMILES string of the molecule is CC[C@H](C(=O)NCC(C)C)N(Cc1c(Cl)cccc1Cl)C(=O)COc1ccc(Cl)cc1Br. The van der Waals surface area contributed by atoms with Crippen molar-refractivity contribution in [1.29, 1.82) is 0 Å². The number of rotatable bonds is 10. The number of ether oxygens (including phenoxy) is 1. The summed E-state index contributed by atoms with van der Waals surface area (Å²) in [4.78, 5) is 27.6. The number of hydrogen-bond acceptors (Lipinski definition) is 3. The third kappa shape index (κ3) is 7.55. The van der Waals surface area contributed by atoms with E-state index in [0.29, 0.717) is 43.8 Å². The van der Waals surface area contributed by atoms with Crippen molar-refractivity contribution in [2.75, 3.05) is 13.2 Å². The first-order valence-corrected chi connectivity index (χ1v) is 12.1. The molecule has 0 saturated carbocycles. The van der Waals surface area contributed by atoms with E-state index in [-0.39, 0.29) is 30.9 Å². The molecule has 1 N–H and O–H groups in total. The van der Waals surface area contributed by atoms with Crippen LogP contribution in [-0.2, 0) is 16.1 Å². The van der Waals surface area contributed by atoms with Crippen LogP contribution < -0.4 is 10.1 Å². The molecule has 2 aromatic rings. The lowest BCUT2D eigenvalue weighted by molar-refractivity contribution is -0.143. The maximum atomic E-state index is 13.3. The summed E-state index contributed by atoms with van der Waals surface area (Å²) < 4.78 is 6.34. The van der Waals surface area contributed by atoms with E-state index < -0.39 is 6.04 Å². The van der Waals surface area contributed by atoms with Gasteiger partial charge in [-0.1, -0.05) is 61.6 Å². The molecule has 0 unspecified atom stereocenters. The summed E-state index contributed by atoms with van der Waals surface area (Å²) in [5, 5.41) is 4.30. The molecule has 32 heavy (non-hydrogen) atoms. The van der Waals surface area contributed by atoms with E-state index >= 15 is 0 Å². The summed E-state index contributed by atoms with van der Waals surface area (Å²) in [7, 11) is 0. The Kier molecular flexibility index (Phi) is 10.6. The van der Waals surface area contributed by atoms with Crippen LogP contribution in [0.15, 0.2) is 40.9 Å². The lowest BCUT2D eigenvalue weighted by atomic mass is 10.1. The largest absolute Gasteiger partial charge is 0.483 e. The second-order valence-corrected chi connectivity index (χ2v) is 9.75. The van der Waals surface area contributed by atoms with Gasteiger partial charge in [-0.2, -0.15) is 0 Å². The Bertz CT molecular complexity index is 936. The van der Waals surface area contributed by atoms with Crippen LogP contribution >= 0.6 is 50.7 Å². The lowest BCUT2D eigenvalue weighted by Gasteiger charge is -2.31. The summed E-state index contributed by atoms with van der Waals surface area (Å²) in [6.07, 6.45) is 0.419. The molecule has 0 spiro atoms. The van der Waals surface area contributed by atoms with Crippen molar-refractivity contribution >= 4 is 62.5 Å². The van der Waals surface area contributed by atoms with Crippen LogP contribution in [0.25, 0.3) is 0 Å². The maximum Gasteiger partial charge on any atom is 0.261 e. The van der Waals surface area contributed by atoms with Gasteiger partial charge in [-0.15, -0.1) is 0 Å². The smallest absolute Gasteiger partial charge is 0.261 e. The predicted octanol–water partition coefficient (Wildman–Crippen LogP) is 6.37. The van der Waals surface area contributed by atoms with Gasteiger partial charge in [0.1, 0.15) is 11.8 Å². The average Bonchev–Trinajstić information content (AvgIpc) is 2.73. The van der Waals surface area contributed by atoms with Crippen LogP contribution in [-0.4, -0.2) is 35.9 Å². The first kappa shape index (κ1) is 26.8. The molecule has 2 aromatic carbocycles. The number of hydrogen-bond donors (Lipinski definition) is 1. The van der Waals surface area contributed by atoms with Crippen LogP contribution in [0.2, 0.25) is 15.1 Å². The summed E-state index contributed by atoms with van der Waals surface area (Å²) in [5.74, 6) is 0.153. The van der Waals surface area contributed by atoms with Crippen molar-refractivity contribution in [2.24, 2.45) is 5.92 Å². The second kappa shape index (κ2) is 12.7. The maximum absolute atomic E-state index is 13.3. The topological polar surface area (TPSA) is 58.6 Å². The third-order valence-corrected chi connectivity index (χ3v) is 6.27. The molecule has 2 amide bonds. The second-order valence-electron chi connectivity index (χ2n) is 7.65. The highest BCUT2D eigenvalue weighted by Gasteiger charge is 2.30. The van der Waals surface area contributed by atoms with Gasteiger partial charge in [0.15, 0.2) is 6.61 Å². The van der Waals surface area contributed by atoms with Crippen LogP contribution in [0.5, 0.6) is 5.75 Å².